The summed E-state index contributed by atoms with van der Waals surface area (Å²) >= 11 is 0. The van der Waals surface area contributed by atoms with E-state index in [-0.39, 0.29) is 10.8 Å². The number of carbonyl (C=O) groups is 1. The molecule has 1 aromatic heterocycles. The first kappa shape index (κ1) is 22.5. The summed E-state index contributed by atoms with van der Waals surface area (Å²) in [6.45, 7) is 3.97. The molecule has 1 N–H and O–H groups in total. The van der Waals surface area contributed by atoms with Crippen molar-refractivity contribution in [3.05, 3.63) is 71.3 Å². The van der Waals surface area contributed by atoms with Crippen molar-refractivity contribution in [2.45, 2.75) is 25.3 Å². The molecular weight excluding hydrogens is 416 g/mol. The first-order chi connectivity index (χ1) is 14.6. The fourth-order valence-electron chi connectivity index (χ4n) is 2.90. The van der Waals surface area contributed by atoms with Gasteiger partial charge in [-0.1, -0.05) is 0 Å². The number of aromatic nitrogens is 2. The zero-order chi connectivity index (χ0) is 22.8. The number of benzene rings is 2. The highest BCUT2D eigenvalue weighted by molar-refractivity contribution is 7.89. The maximum atomic E-state index is 12.7. The second kappa shape index (κ2) is 8.91. The third-order valence-electron chi connectivity index (χ3n) is 5.07. The molecule has 8 nitrogen and oxygen atoms in total. The Labute approximate surface area is 182 Å². The van der Waals surface area contributed by atoms with Crippen LogP contribution in [0.4, 0.5) is 5.69 Å². The number of rotatable bonds is 7. The number of aryl methyl sites for hydroxylation is 2. The number of nitrogens with zero attached hydrogens (tertiary/aromatic N) is 3. The lowest BCUT2D eigenvalue weighted by Crippen LogP contribution is -2.23. The van der Waals surface area contributed by atoms with E-state index < -0.39 is 10.0 Å². The number of carbonyl (C=O) groups excluding carboxylic acids is 1. The van der Waals surface area contributed by atoms with Gasteiger partial charge in [-0.25, -0.2) is 17.7 Å². The summed E-state index contributed by atoms with van der Waals surface area (Å²) in [6.07, 6.45) is 3.54. The fraction of sp³-hybridized carbons (Fsp3) is 0.273. The third kappa shape index (κ3) is 4.95. The van der Waals surface area contributed by atoms with Gasteiger partial charge < -0.3 is 14.6 Å². The predicted molar refractivity (Wildman–Crippen MR) is 119 cm³/mol. The van der Waals surface area contributed by atoms with Crippen molar-refractivity contribution >= 4 is 21.6 Å². The van der Waals surface area contributed by atoms with E-state index in [0.29, 0.717) is 23.6 Å². The first-order valence-corrected chi connectivity index (χ1v) is 11.1. The van der Waals surface area contributed by atoms with Crippen molar-refractivity contribution in [2.75, 3.05) is 19.4 Å². The van der Waals surface area contributed by atoms with Gasteiger partial charge in [-0.3, -0.25) is 4.79 Å². The van der Waals surface area contributed by atoms with Crippen molar-refractivity contribution in [3.8, 4) is 5.75 Å². The maximum absolute atomic E-state index is 12.7. The number of amides is 1. The van der Waals surface area contributed by atoms with Crippen LogP contribution in [0.2, 0.25) is 0 Å². The van der Waals surface area contributed by atoms with Gasteiger partial charge >= 0.3 is 0 Å². The van der Waals surface area contributed by atoms with Crippen LogP contribution in [0.1, 0.15) is 27.3 Å². The van der Waals surface area contributed by atoms with Crippen LogP contribution in [-0.4, -0.2) is 42.3 Å². The van der Waals surface area contributed by atoms with Gasteiger partial charge in [-0.2, -0.15) is 0 Å². The Balaban J connectivity index is 1.75. The van der Waals surface area contributed by atoms with E-state index in [2.05, 4.69) is 10.3 Å². The Morgan fingerprint density at radius 2 is 1.84 bits per heavy atom. The quantitative estimate of drug-likeness (QED) is 0.607. The molecule has 3 aromatic rings. The summed E-state index contributed by atoms with van der Waals surface area (Å²) in [4.78, 5) is 17.1. The monoisotopic (exact) mass is 442 g/mol. The smallest absolute Gasteiger partial charge is 0.255 e. The average molecular weight is 443 g/mol. The molecule has 0 bridgehead atoms. The van der Waals surface area contributed by atoms with Crippen molar-refractivity contribution in [1.82, 2.24) is 13.9 Å². The Morgan fingerprint density at radius 3 is 2.42 bits per heavy atom. The molecule has 1 heterocycles. The van der Waals surface area contributed by atoms with Crippen molar-refractivity contribution in [3.63, 3.8) is 0 Å². The maximum Gasteiger partial charge on any atom is 0.255 e. The molecule has 0 unspecified atom stereocenters. The Kier molecular flexibility index (Phi) is 6.47. The topological polar surface area (TPSA) is 93.5 Å². The van der Waals surface area contributed by atoms with Gasteiger partial charge in [0.1, 0.15) is 18.2 Å². The number of imidazole rings is 1. The van der Waals surface area contributed by atoms with Gasteiger partial charge in [0, 0.05) is 44.8 Å². The highest BCUT2D eigenvalue weighted by atomic mass is 32.2. The largest absolute Gasteiger partial charge is 0.486 e. The highest BCUT2D eigenvalue weighted by Crippen LogP contribution is 2.26. The normalized spacial score (nSPS) is 11.5. The van der Waals surface area contributed by atoms with E-state index in [1.165, 1.54) is 20.2 Å². The minimum absolute atomic E-state index is 0.133. The van der Waals surface area contributed by atoms with Crippen LogP contribution in [-0.2, 0) is 23.7 Å². The molecular formula is C22H26N4O4S. The van der Waals surface area contributed by atoms with Crippen LogP contribution in [0, 0.1) is 13.8 Å². The van der Waals surface area contributed by atoms with Gasteiger partial charge in [0.15, 0.2) is 0 Å². The number of hydrogen-bond donors (Lipinski definition) is 1. The second-order valence-corrected chi connectivity index (χ2v) is 9.57. The summed E-state index contributed by atoms with van der Waals surface area (Å²) in [5, 5.41) is 2.82. The average Bonchev–Trinajstić information content (AvgIpc) is 3.14. The number of sulfonamides is 1. The molecule has 0 fully saturated rings. The number of anilines is 1. The van der Waals surface area contributed by atoms with Crippen molar-refractivity contribution in [1.29, 1.82) is 0 Å². The molecule has 164 valence electrons. The van der Waals surface area contributed by atoms with Crippen molar-refractivity contribution < 1.29 is 17.9 Å². The Bertz CT molecular complexity index is 1200. The van der Waals surface area contributed by atoms with Gasteiger partial charge in [-0.05, 0) is 61.4 Å². The lowest BCUT2D eigenvalue weighted by Gasteiger charge is -2.16. The lowest BCUT2D eigenvalue weighted by atomic mass is 10.1. The third-order valence-corrected chi connectivity index (χ3v) is 6.87. The van der Waals surface area contributed by atoms with Crippen LogP contribution < -0.4 is 10.1 Å². The van der Waals surface area contributed by atoms with Gasteiger partial charge in [0.25, 0.3) is 5.91 Å². The molecule has 0 radical (unpaired) electrons. The molecule has 0 aliphatic rings. The first-order valence-electron chi connectivity index (χ1n) is 9.64. The van der Waals surface area contributed by atoms with Crippen molar-refractivity contribution in [2.24, 2.45) is 7.05 Å². The molecule has 2 aromatic carbocycles. The zero-order valence-electron chi connectivity index (χ0n) is 18.2. The summed E-state index contributed by atoms with van der Waals surface area (Å²) in [5.74, 6) is 1.07. The van der Waals surface area contributed by atoms with E-state index in [1.54, 1.807) is 36.5 Å². The van der Waals surface area contributed by atoms with E-state index in [1.807, 2.05) is 31.7 Å². The standard InChI is InChI=1S/C22H26N4O4S/c1-15-12-19(31(28,29)25(3)4)13-20(16(15)2)24-22(27)17-6-8-18(9-7-17)30-14-21-23-10-11-26(21)5/h6-13H,14H2,1-5H3,(H,24,27). The summed E-state index contributed by atoms with van der Waals surface area (Å²) in [7, 11) is 1.22. The van der Waals surface area contributed by atoms with Crippen LogP contribution in [0.3, 0.4) is 0 Å². The molecule has 0 saturated carbocycles. The van der Waals surface area contributed by atoms with E-state index in [0.717, 1.165) is 21.3 Å². The molecule has 31 heavy (non-hydrogen) atoms. The molecule has 0 aliphatic heterocycles. The number of nitrogens with one attached hydrogen (secondary N) is 1. The molecule has 0 saturated heterocycles. The zero-order valence-corrected chi connectivity index (χ0v) is 19.0. The minimum Gasteiger partial charge on any atom is -0.486 e. The van der Waals surface area contributed by atoms with Crippen LogP contribution in [0.15, 0.2) is 53.7 Å². The van der Waals surface area contributed by atoms with E-state index >= 15 is 0 Å². The molecule has 1 amide bonds. The molecule has 0 spiro atoms. The van der Waals surface area contributed by atoms with Gasteiger partial charge in [-0.15, -0.1) is 0 Å². The van der Waals surface area contributed by atoms with Crippen LogP contribution in [0.5, 0.6) is 5.75 Å². The minimum atomic E-state index is -3.61. The SMILES string of the molecule is Cc1cc(S(=O)(=O)N(C)C)cc(NC(=O)c2ccc(OCc3nccn3C)cc2)c1C. The van der Waals surface area contributed by atoms with Crippen LogP contribution in [0.25, 0.3) is 0 Å². The Morgan fingerprint density at radius 1 is 1.16 bits per heavy atom. The molecule has 0 atom stereocenters. The van der Waals surface area contributed by atoms with E-state index in [9.17, 15) is 13.2 Å². The highest BCUT2D eigenvalue weighted by Gasteiger charge is 2.20. The van der Waals surface area contributed by atoms with Gasteiger partial charge in [0.2, 0.25) is 10.0 Å². The van der Waals surface area contributed by atoms with Crippen LogP contribution >= 0.6 is 0 Å². The number of hydrogen-bond acceptors (Lipinski definition) is 5. The molecule has 0 aliphatic carbocycles. The number of ether oxygens (including phenoxy) is 1. The summed E-state index contributed by atoms with van der Waals surface area (Å²) < 4.78 is 33.7. The predicted octanol–water partition coefficient (Wildman–Crippen LogP) is 3.12. The van der Waals surface area contributed by atoms with Gasteiger partial charge in [0.05, 0.1) is 4.90 Å². The fourth-order valence-corrected chi connectivity index (χ4v) is 3.91. The van der Waals surface area contributed by atoms with E-state index in [4.69, 9.17) is 4.74 Å². The second-order valence-electron chi connectivity index (χ2n) is 7.42. The Hall–Kier alpha value is -3.17. The summed E-state index contributed by atoms with van der Waals surface area (Å²) in [5.41, 5.74) is 2.47. The lowest BCUT2D eigenvalue weighted by molar-refractivity contribution is 0.102. The molecule has 9 heteroatoms. The summed E-state index contributed by atoms with van der Waals surface area (Å²) in [6, 6.07) is 9.83. The molecule has 3 rings (SSSR count).